The Morgan fingerprint density at radius 3 is 2.71 bits per heavy atom. The first-order valence-corrected chi connectivity index (χ1v) is 4.56. The zero-order chi connectivity index (χ0) is 9.97. The van der Waals surface area contributed by atoms with Crippen molar-refractivity contribution in [1.82, 2.24) is 14.8 Å². The van der Waals surface area contributed by atoms with Crippen molar-refractivity contribution in [3.05, 3.63) is 40.9 Å². The van der Waals surface area contributed by atoms with E-state index in [2.05, 4.69) is 10.2 Å². The van der Waals surface area contributed by atoms with Gasteiger partial charge in [-0.15, -0.1) is 0 Å². The summed E-state index contributed by atoms with van der Waals surface area (Å²) in [4.78, 5) is 0. The van der Waals surface area contributed by atoms with Gasteiger partial charge in [-0.3, -0.25) is 9.67 Å². The summed E-state index contributed by atoms with van der Waals surface area (Å²) in [5.74, 6) is 0.515. The van der Waals surface area contributed by atoms with E-state index in [4.69, 9.17) is 17.3 Å². The first-order chi connectivity index (χ1) is 6.83. The molecule has 0 spiro atoms. The normalized spacial score (nSPS) is 10.4. The lowest BCUT2D eigenvalue weighted by atomic mass is 10.3. The number of rotatable bonds is 2. The maximum absolute atomic E-state index is 9.04. The molecule has 0 aliphatic rings. The molecule has 14 heavy (non-hydrogen) atoms. The number of aromatic nitrogens is 3. The zero-order valence-corrected chi connectivity index (χ0v) is 8.16. The average Bonchev–Trinajstić information content (AvgIpc) is 2.61. The molecule has 0 unspecified atom stereocenters. The average molecular weight is 207 g/mol. The predicted octanol–water partition coefficient (Wildman–Crippen LogP) is 1.42. The summed E-state index contributed by atoms with van der Waals surface area (Å²) in [5.41, 5.74) is 0.898. The van der Waals surface area contributed by atoms with Gasteiger partial charge in [0.1, 0.15) is 6.61 Å². The van der Waals surface area contributed by atoms with Gasteiger partial charge in [0.2, 0.25) is 0 Å². The number of aliphatic hydroxyl groups excluding tert-OH is 1. The Hall–Kier alpha value is -1.46. The number of hydrogen-bond acceptors (Lipinski definition) is 3. The van der Waals surface area contributed by atoms with E-state index in [-0.39, 0.29) is 6.61 Å². The molecule has 0 amide bonds. The van der Waals surface area contributed by atoms with Gasteiger partial charge in [-0.25, -0.2) is 0 Å². The van der Waals surface area contributed by atoms with Crippen LogP contribution >= 0.6 is 12.2 Å². The van der Waals surface area contributed by atoms with Gasteiger partial charge >= 0.3 is 0 Å². The highest BCUT2D eigenvalue weighted by Crippen LogP contribution is 2.09. The summed E-state index contributed by atoms with van der Waals surface area (Å²) in [5, 5.41) is 15.6. The molecular weight excluding hydrogens is 198 g/mol. The Morgan fingerprint density at radius 2 is 2.07 bits per heavy atom. The van der Waals surface area contributed by atoms with Gasteiger partial charge < -0.3 is 5.11 Å². The van der Waals surface area contributed by atoms with E-state index in [9.17, 15) is 0 Å². The van der Waals surface area contributed by atoms with Crippen molar-refractivity contribution in [2.24, 2.45) is 0 Å². The van der Waals surface area contributed by atoms with Crippen molar-refractivity contribution in [2.75, 3.05) is 0 Å². The molecule has 0 aliphatic carbocycles. The van der Waals surface area contributed by atoms with Crippen LogP contribution in [0, 0.1) is 4.77 Å². The van der Waals surface area contributed by atoms with Crippen molar-refractivity contribution < 1.29 is 5.11 Å². The summed E-state index contributed by atoms with van der Waals surface area (Å²) in [7, 11) is 0. The molecule has 0 fully saturated rings. The van der Waals surface area contributed by atoms with Crippen LogP contribution in [0.5, 0.6) is 0 Å². The monoisotopic (exact) mass is 207 g/mol. The topological polar surface area (TPSA) is 53.8 Å². The van der Waals surface area contributed by atoms with Crippen molar-refractivity contribution in [3.8, 4) is 5.69 Å². The predicted molar refractivity (Wildman–Crippen MR) is 54.7 cm³/mol. The van der Waals surface area contributed by atoms with Crippen LogP contribution in [0.25, 0.3) is 5.69 Å². The largest absolute Gasteiger partial charge is 0.388 e. The van der Waals surface area contributed by atoms with Gasteiger partial charge in [0.05, 0.1) is 0 Å². The highest BCUT2D eigenvalue weighted by atomic mass is 32.1. The summed E-state index contributed by atoms with van der Waals surface area (Å²) in [6.07, 6.45) is 0. The molecule has 4 nitrogen and oxygen atoms in total. The van der Waals surface area contributed by atoms with Crippen LogP contribution in [0.15, 0.2) is 30.3 Å². The van der Waals surface area contributed by atoms with Crippen LogP contribution < -0.4 is 0 Å². The second-order valence-electron chi connectivity index (χ2n) is 2.77. The molecule has 0 radical (unpaired) electrons. The summed E-state index contributed by atoms with van der Waals surface area (Å²) >= 11 is 5.05. The highest BCUT2D eigenvalue weighted by molar-refractivity contribution is 7.71. The Labute approximate surface area is 85.8 Å². The fourth-order valence-corrected chi connectivity index (χ4v) is 1.54. The second kappa shape index (κ2) is 3.73. The smallest absolute Gasteiger partial charge is 0.199 e. The SMILES string of the molecule is OCc1n[nH]c(=S)n1-c1ccccc1. The summed E-state index contributed by atoms with van der Waals surface area (Å²) < 4.78 is 2.19. The van der Waals surface area contributed by atoms with Gasteiger partial charge in [0.25, 0.3) is 0 Å². The standard InChI is InChI=1S/C9H9N3OS/c13-6-8-10-11-9(14)12(8)7-4-2-1-3-5-7/h1-5,13H,6H2,(H,11,14). The van der Waals surface area contributed by atoms with Crippen molar-refractivity contribution >= 4 is 12.2 Å². The van der Waals surface area contributed by atoms with Crippen LogP contribution in [-0.2, 0) is 6.61 Å². The molecule has 2 N–H and O–H groups in total. The van der Waals surface area contributed by atoms with Crippen LogP contribution in [-0.4, -0.2) is 19.9 Å². The van der Waals surface area contributed by atoms with Gasteiger partial charge in [-0.1, -0.05) is 18.2 Å². The molecule has 72 valence electrons. The Balaban J connectivity index is 2.61. The lowest BCUT2D eigenvalue weighted by Crippen LogP contribution is -2.00. The Morgan fingerprint density at radius 1 is 1.36 bits per heavy atom. The summed E-state index contributed by atoms with van der Waals surface area (Å²) in [6.45, 7) is -0.137. The number of para-hydroxylation sites is 1. The van der Waals surface area contributed by atoms with Gasteiger partial charge in [0.15, 0.2) is 10.6 Å². The van der Waals surface area contributed by atoms with Crippen molar-refractivity contribution in [3.63, 3.8) is 0 Å². The molecule has 0 saturated heterocycles. The fourth-order valence-electron chi connectivity index (χ4n) is 1.28. The minimum absolute atomic E-state index is 0.137. The third kappa shape index (κ3) is 1.47. The quantitative estimate of drug-likeness (QED) is 0.732. The summed E-state index contributed by atoms with van der Waals surface area (Å²) in [6, 6.07) is 9.55. The van der Waals surface area contributed by atoms with Crippen molar-refractivity contribution in [2.45, 2.75) is 6.61 Å². The molecule has 2 rings (SSSR count). The third-order valence-corrected chi connectivity index (χ3v) is 2.17. The molecule has 1 heterocycles. The molecule has 0 bridgehead atoms. The molecule has 0 atom stereocenters. The lowest BCUT2D eigenvalue weighted by Gasteiger charge is -2.03. The van der Waals surface area contributed by atoms with E-state index in [1.54, 1.807) is 4.57 Å². The molecule has 2 aromatic rings. The maximum Gasteiger partial charge on any atom is 0.199 e. The van der Waals surface area contributed by atoms with E-state index in [0.29, 0.717) is 10.6 Å². The zero-order valence-electron chi connectivity index (χ0n) is 7.34. The lowest BCUT2D eigenvalue weighted by molar-refractivity contribution is 0.269. The number of nitrogens with zero attached hydrogens (tertiary/aromatic N) is 2. The first-order valence-electron chi connectivity index (χ1n) is 4.15. The number of nitrogens with one attached hydrogen (secondary N) is 1. The number of hydrogen-bond donors (Lipinski definition) is 2. The van der Waals surface area contributed by atoms with E-state index >= 15 is 0 Å². The molecule has 1 aromatic heterocycles. The Bertz CT molecular complexity index is 474. The number of aromatic amines is 1. The van der Waals surface area contributed by atoms with Gasteiger partial charge in [-0.05, 0) is 24.4 Å². The maximum atomic E-state index is 9.04. The number of aliphatic hydroxyl groups is 1. The van der Waals surface area contributed by atoms with Crippen LogP contribution in [0.2, 0.25) is 0 Å². The molecular formula is C9H9N3OS. The van der Waals surface area contributed by atoms with E-state index in [1.807, 2.05) is 30.3 Å². The van der Waals surface area contributed by atoms with Crippen LogP contribution in [0.1, 0.15) is 5.82 Å². The van der Waals surface area contributed by atoms with Crippen LogP contribution in [0.4, 0.5) is 0 Å². The van der Waals surface area contributed by atoms with Crippen LogP contribution in [0.3, 0.4) is 0 Å². The minimum Gasteiger partial charge on any atom is -0.388 e. The minimum atomic E-state index is -0.137. The van der Waals surface area contributed by atoms with E-state index < -0.39 is 0 Å². The highest BCUT2D eigenvalue weighted by Gasteiger charge is 2.05. The van der Waals surface area contributed by atoms with Gasteiger partial charge in [-0.2, -0.15) is 5.10 Å². The number of benzene rings is 1. The van der Waals surface area contributed by atoms with Crippen molar-refractivity contribution in [1.29, 1.82) is 0 Å². The third-order valence-electron chi connectivity index (χ3n) is 1.90. The first kappa shape index (κ1) is 9.11. The molecule has 1 aromatic carbocycles. The second-order valence-corrected chi connectivity index (χ2v) is 3.16. The fraction of sp³-hybridized carbons (Fsp3) is 0.111. The molecule has 0 saturated carbocycles. The van der Waals surface area contributed by atoms with Gasteiger partial charge in [0, 0.05) is 5.69 Å². The molecule has 0 aliphatic heterocycles. The number of H-pyrrole nitrogens is 1. The van der Waals surface area contributed by atoms with E-state index in [0.717, 1.165) is 5.69 Å². The van der Waals surface area contributed by atoms with E-state index in [1.165, 1.54) is 0 Å². The Kier molecular flexibility index (Phi) is 2.43. The molecule has 5 heteroatoms.